The molecule has 0 saturated heterocycles. The highest BCUT2D eigenvalue weighted by Crippen LogP contribution is 2.31. The number of nitrogens with one attached hydrogen (secondary N) is 1. The van der Waals surface area contributed by atoms with Gasteiger partial charge in [0, 0.05) is 11.7 Å². The predicted molar refractivity (Wildman–Crippen MR) is 77.6 cm³/mol. The third-order valence-electron chi connectivity index (χ3n) is 4.19. The molecule has 1 aromatic rings. The van der Waals surface area contributed by atoms with Crippen LogP contribution in [0, 0.1) is 11.8 Å². The molecule has 0 atom stereocenters. The largest absolute Gasteiger partial charge is 0.478 e. The molecule has 1 aliphatic rings. The van der Waals surface area contributed by atoms with Crippen molar-refractivity contribution in [2.75, 3.05) is 5.32 Å². The van der Waals surface area contributed by atoms with Gasteiger partial charge in [-0.25, -0.2) is 4.79 Å². The third kappa shape index (κ3) is 3.72. The number of carbonyl (C=O) groups is 1. The first kappa shape index (κ1) is 13.9. The van der Waals surface area contributed by atoms with Crippen LogP contribution in [0.1, 0.15) is 49.9 Å². The molecule has 0 unspecified atom stereocenters. The van der Waals surface area contributed by atoms with Crippen LogP contribution in [0.2, 0.25) is 0 Å². The molecule has 3 heteroatoms. The number of carboxylic acid groups (broad SMARTS) is 1. The van der Waals surface area contributed by atoms with Gasteiger partial charge >= 0.3 is 5.97 Å². The van der Waals surface area contributed by atoms with E-state index in [4.69, 9.17) is 5.11 Å². The van der Waals surface area contributed by atoms with Crippen LogP contribution in [-0.4, -0.2) is 17.1 Å². The molecule has 0 amide bonds. The monoisotopic (exact) mass is 261 g/mol. The van der Waals surface area contributed by atoms with E-state index in [0.717, 1.165) is 17.5 Å². The van der Waals surface area contributed by atoms with Crippen LogP contribution in [0.3, 0.4) is 0 Å². The molecule has 2 N–H and O–H groups in total. The quantitative estimate of drug-likeness (QED) is 0.861. The van der Waals surface area contributed by atoms with Crippen molar-refractivity contribution in [3.05, 3.63) is 29.8 Å². The Balaban J connectivity index is 1.92. The highest BCUT2D eigenvalue weighted by molar-refractivity contribution is 5.88. The number of hydrogen-bond donors (Lipinski definition) is 2. The lowest BCUT2D eigenvalue weighted by Gasteiger charge is -2.31. The van der Waals surface area contributed by atoms with Gasteiger partial charge in [-0.05, 0) is 55.7 Å². The molecule has 0 radical (unpaired) electrons. The fourth-order valence-corrected chi connectivity index (χ4v) is 2.91. The Morgan fingerprint density at radius 3 is 2.53 bits per heavy atom. The summed E-state index contributed by atoms with van der Waals surface area (Å²) < 4.78 is 0. The topological polar surface area (TPSA) is 49.3 Å². The maximum absolute atomic E-state index is 10.9. The lowest BCUT2D eigenvalue weighted by Crippen LogP contribution is -2.27. The van der Waals surface area contributed by atoms with Gasteiger partial charge in [-0.15, -0.1) is 0 Å². The van der Waals surface area contributed by atoms with Crippen LogP contribution >= 0.6 is 0 Å². The van der Waals surface area contributed by atoms with Crippen LogP contribution in [0.15, 0.2) is 24.3 Å². The number of benzene rings is 1. The SMILES string of the molecule is CC(C)C1CCC(Nc2cccc(C(=O)O)c2)CC1. The summed E-state index contributed by atoms with van der Waals surface area (Å²) in [6, 6.07) is 7.58. The number of anilines is 1. The average molecular weight is 261 g/mol. The van der Waals surface area contributed by atoms with Gasteiger partial charge in [0.15, 0.2) is 0 Å². The second-order valence-electron chi connectivity index (χ2n) is 5.89. The van der Waals surface area contributed by atoms with Gasteiger partial charge in [0.1, 0.15) is 0 Å². The molecule has 1 fully saturated rings. The molecule has 104 valence electrons. The average Bonchev–Trinajstić information content (AvgIpc) is 2.39. The van der Waals surface area contributed by atoms with Gasteiger partial charge in [0.25, 0.3) is 0 Å². The Morgan fingerprint density at radius 1 is 1.26 bits per heavy atom. The normalized spacial score (nSPS) is 23.3. The van der Waals surface area contributed by atoms with Crippen molar-refractivity contribution in [1.82, 2.24) is 0 Å². The van der Waals surface area contributed by atoms with Gasteiger partial charge in [-0.1, -0.05) is 19.9 Å². The van der Waals surface area contributed by atoms with Gasteiger partial charge in [0.05, 0.1) is 5.56 Å². The van der Waals surface area contributed by atoms with E-state index in [0.29, 0.717) is 11.6 Å². The van der Waals surface area contributed by atoms with E-state index >= 15 is 0 Å². The Hall–Kier alpha value is -1.51. The fourth-order valence-electron chi connectivity index (χ4n) is 2.91. The summed E-state index contributed by atoms with van der Waals surface area (Å²) >= 11 is 0. The summed E-state index contributed by atoms with van der Waals surface area (Å²) in [5.74, 6) is 0.756. The van der Waals surface area contributed by atoms with Crippen molar-refractivity contribution in [3.63, 3.8) is 0 Å². The molecule has 3 nitrogen and oxygen atoms in total. The summed E-state index contributed by atoms with van der Waals surface area (Å²) in [5.41, 5.74) is 1.27. The van der Waals surface area contributed by atoms with E-state index in [-0.39, 0.29) is 0 Å². The predicted octanol–water partition coefficient (Wildman–Crippen LogP) is 4.01. The maximum Gasteiger partial charge on any atom is 0.335 e. The summed E-state index contributed by atoms with van der Waals surface area (Å²) in [4.78, 5) is 10.9. The molecule has 19 heavy (non-hydrogen) atoms. The van der Waals surface area contributed by atoms with Crippen molar-refractivity contribution in [2.24, 2.45) is 11.8 Å². The molecular weight excluding hydrogens is 238 g/mol. The molecular formula is C16H23NO2. The Morgan fingerprint density at radius 2 is 1.95 bits per heavy atom. The van der Waals surface area contributed by atoms with E-state index in [1.54, 1.807) is 18.2 Å². The second-order valence-corrected chi connectivity index (χ2v) is 5.89. The standard InChI is InChI=1S/C16H23NO2/c1-11(2)12-6-8-14(9-7-12)17-15-5-3-4-13(10-15)16(18)19/h3-5,10-12,14,17H,6-9H2,1-2H3,(H,18,19). The van der Waals surface area contributed by atoms with Gasteiger partial charge in [-0.3, -0.25) is 0 Å². The minimum Gasteiger partial charge on any atom is -0.478 e. The van der Waals surface area contributed by atoms with Crippen molar-refractivity contribution in [3.8, 4) is 0 Å². The lowest BCUT2D eigenvalue weighted by atomic mass is 9.79. The minimum absolute atomic E-state index is 0.348. The van der Waals surface area contributed by atoms with Crippen LogP contribution in [0.4, 0.5) is 5.69 Å². The molecule has 0 bridgehead atoms. The molecule has 0 heterocycles. The molecule has 0 aliphatic heterocycles. The van der Waals surface area contributed by atoms with E-state index in [2.05, 4.69) is 19.2 Å². The number of carboxylic acids is 1. The van der Waals surface area contributed by atoms with Crippen molar-refractivity contribution in [1.29, 1.82) is 0 Å². The summed E-state index contributed by atoms with van der Waals surface area (Å²) in [6.07, 6.45) is 4.90. The molecule has 1 saturated carbocycles. The zero-order valence-electron chi connectivity index (χ0n) is 11.7. The highest BCUT2D eigenvalue weighted by Gasteiger charge is 2.23. The Kier molecular flexibility index (Phi) is 4.46. The van der Waals surface area contributed by atoms with Crippen molar-refractivity contribution < 1.29 is 9.90 Å². The minimum atomic E-state index is -0.868. The first-order chi connectivity index (χ1) is 9.06. The van der Waals surface area contributed by atoms with Gasteiger partial charge in [0.2, 0.25) is 0 Å². The fraction of sp³-hybridized carbons (Fsp3) is 0.562. The smallest absolute Gasteiger partial charge is 0.335 e. The van der Waals surface area contributed by atoms with Crippen molar-refractivity contribution in [2.45, 2.75) is 45.6 Å². The summed E-state index contributed by atoms with van der Waals surface area (Å²) in [6.45, 7) is 4.60. The molecule has 0 spiro atoms. The number of hydrogen-bond acceptors (Lipinski definition) is 2. The molecule has 0 aromatic heterocycles. The van der Waals surface area contributed by atoms with Gasteiger partial charge in [-0.2, -0.15) is 0 Å². The first-order valence-electron chi connectivity index (χ1n) is 7.16. The van der Waals surface area contributed by atoms with E-state index < -0.39 is 5.97 Å². The maximum atomic E-state index is 10.9. The van der Waals surface area contributed by atoms with Crippen LogP contribution in [0.5, 0.6) is 0 Å². The lowest BCUT2D eigenvalue weighted by molar-refractivity contribution is 0.0697. The number of aromatic carboxylic acids is 1. The van der Waals surface area contributed by atoms with Crippen LogP contribution in [-0.2, 0) is 0 Å². The van der Waals surface area contributed by atoms with Gasteiger partial charge < -0.3 is 10.4 Å². The summed E-state index contributed by atoms with van der Waals surface area (Å²) in [5, 5.41) is 12.5. The number of rotatable bonds is 4. The third-order valence-corrected chi connectivity index (χ3v) is 4.19. The second kappa shape index (κ2) is 6.09. The Bertz CT molecular complexity index is 434. The van der Waals surface area contributed by atoms with Crippen LogP contribution in [0.25, 0.3) is 0 Å². The van der Waals surface area contributed by atoms with E-state index in [1.807, 2.05) is 6.07 Å². The van der Waals surface area contributed by atoms with Crippen molar-refractivity contribution >= 4 is 11.7 Å². The zero-order valence-corrected chi connectivity index (χ0v) is 11.7. The zero-order chi connectivity index (χ0) is 13.8. The van der Waals surface area contributed by atoms with E-state index in [1.165, 1.54) is 25.7 Å². The molecule has 1 aliphatic carbocycles. The summed E-state index contributed by atoms with van der Waals surface area (Å²) in [7, 11) is 0. The highest BCUT2D eigenvalue weighted by atomic mass is 16.4. The first-order valence-corrected chi connectivity index (χ1v) is 7.16. The molecule has 1 aromatic carbocycles. The molecule has 2 rings (SSSR count). The van der Waals surface area contributed by atoms with Crippen LogP contribution < -0.4 is 5.32 Å². The van der Waals surface area contributed by atoms with E-state index in [9.17, 15) is 4.79 Å². The Labute approximate surface area is 115 Å².